The minimum Gasteiger partial charge on any atom is -0.379 e. The lowest BCUT2D eigenvalue weighted by molar-refractivity contribution is 0.0649. The van der Waals surface area contributed by atoms with Gasteiger partial charge in [-0.3, -0.25) is 11.3 Å². The summed E-state index contributed by atoms with van der Waals surface area (Å²) in [6.07, 6.45) is 1.03. The van der Waals surface area contributed by atoms with E-state index in [0.717, 1.165) is 6.42 Å². The van der Waals surface area contributed by atoms with Crippen molar-refractivity contribution in [2.75, 3.05) is 7.11 Å². The van der Waals surface area contributed by atoms with Crippen LogP contribution in [0, 0.1) is 13.8 Å². The number of hydrogen-bond acceptors (Lipinski definition) is 3. The van der Waals surface area contributed by atoms with Gasteiger partial charge in [-0.15, -0.1) is 0 Å². The first-order chi connectivity index (χ1) is 7.63. The predicted octanol–water partition coefficient (Wildman–Crippen LogP) is 2.23. The van der Waals surface area contributed by atoms with Crippen LogP contribution in [0.25, 0.3) is 0 Å². The highest BCUT2D eigenvalue weighted by molar-refractivity contribution is 5.33. The van der Waals surface area contributed by atoms with E-state index in [1.54, 1.807) is 7.11 Å². The minimum absolute atomic E-state index is 0.0508. The van der Waals surface area contributed by atoms with Gasteiger partial charge in [-0.2, -0.15) is 0 Å². The molecule has 0 aliphatic carbocycles. The van der Waals surface area contributed by atoms with Crippen LogP contribution in [-0.2, 0) is 4.74 Å². The molecule has 1 aromatic carbocycles. The molecule has 0 saturated heterocycles. The normalized spacial score (nSPS) is 14.8. The molecule has 0 aliphatic rings. The second-order valence-corrected chi connectivity index (χ2v) is 4.19. The fourth-order valence-corrected chi connectivity index (χ4v) is 2.03. The van der Waals surface area contributed by atoms with Crippen LogP contribution in [0.2, 0.25) is 0 Å². The van der Waals surface area contributed by atoms with Crippen molar-refractivity contribution in [1.82, 2.24) is 5.43 Å². The van der Waals surface area contributed by atoms with Crippen LogP contribution in [-0.4, -0.2) is 13.2 Å². The van der Waals surface area contributed by atoms with Gasteiger partial charge in [0.15, 0.2) is 0 Å². The highest BCUT2D eigenvalue weighted by Crippen LogP contribution is 2.24. The lowest BCUT2D eigenvalue weighted by Crippen LogP contribution is -2.37. The third kappa shape index (κ3) is 2.82. The molecule has 0 aromatic heterocycles. The van der Waals surface area contributed by atoms with Gasteiger partial charge in [-0.05, 0) is 31.4 Å². The molecule has 90 valence electrons. The van der Waals surface area contributed by atoms with Crippen molar-refractivity contribution in [2.24, 2.45) is 5.84 Å². The van der Waals surface area contributed by atoms with Crippen molar-refractivity contribution in [3.8, 4) is 0 Å². The summed E-state index contributed by atoms with van der Waals surface area (Å²) in [5.41, 5.74) is 6.56. The van der Waals surface area contributed by atoms with Crippen molar-refractivity contribution >= 4 is 0 Å². The monoisotopic (exact) mass is 222 g/mol. The molecule has 0 aliphatic heterocycles. The molecule has 3 nitrogen and oxygen atoms in total. The molecule has 0 spiro atoms. The Morgan fingerprint density at radius 3 is 2.56 bits per heavy atom. The fraction of sp³-hybridized carbons (Fsp3) is 0.538. The number of aryl methyl sites for hydroxylation is 2. The van der Waals surface area contributed by atoms with Crippen LogP contribution >= 0.6 is 0 Å². The van der Waals surface area contributed by atoms with Crippen molar-refractivity contribution in [1.29, 1.82) is 0 Å². The molecule has 3 heteroatoms. The van der Waals surface area contributed by atoms with Gasteiger partial charge in [0.25, 0.3) is 0 Å². The summed E-state index contributed by atoms with van der Waals surface area (Å²) in [6.45, 7) is 6.29. The fourth-order valence-electron chi connectivity index (χ4n) is 2.03. The number of methoxy groups -OCH3 is 1. The highest BCUT2D eigenvalue weighted by Gasteiger charge is 2.21. The molecule has 0 saturated carbocycles. The number of hydrazine groups is 1. The maximum Gasteiger partial charge on any atom is 0.0776 e. The molecule has 2 unspecified atom stereocenters. The van der Waals surface area contributed by atoms with E-state index in [-0.39, 0.29) is 12.1 Å². The molecular formula is C13H22N2O. The van der Waals surface area contributed by atoms with Crippen molar-refractivity contribution in [3.05, 3.63) is 34.9 Å². The van der Waals surface area contributed by atoms with Crippen LogP contribution < -0.4 is 11.3 Å². The van der Waals surface area contributed by atoms with Gasteiger partial charge in [0, 0.05) is 7.11 Å². The van der Waals surface area contributed by atoms with Crippen LogP contribution in [0.4, 0.5) is 0 Å². The van der Waals surface area contributed by atoms with Crippen molar-refractivity contribution in [3.63, 3.8) is 0 Å². The number of ether oxygens (including phenoxy) is 1. The number of nitrogens with two attached hydrogens (primary N) is 1. The summed E-state index contributed by atoms with van der Waals surface area (Å²) >= 11 is 0. The van der Waals surface area contributed by atoms with Gasteiger partial charge in [-0.1, -0.05) is 30.7 Å². The summed E-state index contributed by atoms with van der Waals surface area (Å²) < 4.78 is 5.46. The quantitative estimate of drug-likeness (QED) is 0.593. The Hall–Kier alpha value is -0.900. The Morgan fingerprint density at radius 1 is 1.38 bits per heavy atom. The number of rotatable bonds is 5. The first-order valence-electron chi connectivity index (χ1n) is 5.70. The Kier molecular flexibility index (Phi) is 4.93. The van der Waals surface area contributed by atoms with Gasteiger partial charge in [0.1, 0.15) is 0 Å². The largest absolute Gasteiger partial charge is 0.379 e. The molecule has 2 atom stereocenters. The maximum absolute atomic E-state index is 5.65. The Labute approximate surface area is 98.0 Å². The molecule has 3 N–H and O–H groups in total. The van der Waals surface area contributed by atoms with Gasteiger partial charge in [0.05, 0.1) is 12.1 Å². The molecule has 0 fully saturated rings. The molecule has 1 rings (SSSR count). The van der Waals surface area contributed by atoms with Gasteiger partial charge < -0.3 is 4.74 Å². The molecule has 0 radical (unpaired) electrons. The second-order valence-electron chi connectivity index (χ2n) is 4.19. The van der Waals surface area contributed by atoms with Crippen LogP contribution in [0.15, 0.2) is 18.2 Å². The molecule has 0 bridgehead atoms. The molecule has 16 heavy (non-hydrogen) atoms. The topological polar surface area (TPSA) is 47.3 Å². The van der Waals surface area contributed by atoms with Crippen molar-refractivity contribution in [2.45, 2.75) is 39.3 Å². The van der Waals surface area contributed by atoms with Gasteiger partial charge in [0.2, 0.25) is 0 Å². The average Bonchev–Trinajstić information content (AvgIpc) is 2.29. The first-order valence-corrected chi connectivity index (χ1v) is 5.70. The summed E-state index contributed by atoms with van der Waals surface area (Å²) in [5.74, 6) is 5.65. The maximum atomic E-state index is 5.65. The SMILES string of the molecule is CCC(OC)C(NN)c1cc(C)ccc1C. The van der Waals surface area contributed by atoms with E-state index in [2.05, 4.69) is 44.4 Å². The second kappa shape index (κ2) is 5.99. The van der Waals surface area contributed by atoms with E-state index < -0.39 is 0 Å². The van der Waals surface area contributed by atoms with Gasteiger partial charge >= 0.3 is 0 Å². The lowest BCUT2D eigenvalue weighted by Gasteiger charge is -2.26. The Morgan fingerprint density at radius 2 is 2.06 bits per heavy atom. The molecule has 0 amide bonds. The lowest BCUT2D eigenvalue weighted by atomic mass is 9.94. The summed E-state index contributed by atoms with van der Waals surface area (Å²) in [7, 11) is 1.73. The number of benzene rings is 1. The zero-order valence-corrected chi connectivity index (χ0v) is 10.6. The summed E-state index contributed by atoms with van der Waals surface area (Å²) in [5, 5.41) is 0. The van der Waals surface area contributed by atoms with Crippen molar-refractivity contribution < 1.29 is 4.74 Å². The van der Waals surface area contributed by atoms with E-state index in [0.29, 0.717) is 0 Å². The first kappa shape index (κ1) is 13.2. The molecular weight excluding hydrogens is 200 g/mol. The minimum atomic E-state index is 0.0508. The molecule has 0 heterocycles. The van der Waals surface area contributed by atoms with E-state index in [1.165, 1.54) is 16.7 Å². The summed E-state index contributed by atoms with van der Waals surface area (Å²) in [6, 6.07) is 6.45. The smallest absolute Gasteiger partial charge is 0.0776 e. The highest BCUT2D eigenvalue weighted by atomic mass is 16.5. The van der Waals surface area contributed by atoms with Gasteiger partial charge in [-0.25, -0.2) is 0 Å². The average molecular weight is 222 g/mol. The standard InChI is InChI=1S/C13H22N2O/c1-5-12(16-4)13(15-14)11-8-9(2)6-7-10(11)3/h6-8,12-13,15H,5,14H2,1-4H3. The van der Waals surface area contributed by atoms with E-state index >= 15 is 0 Å². The van der Waals surface area contributed by atoms with E-state index in [9.17, 15) is 0 Å². The number of hydrogen-bond donors (Lipinski definition) is 2. The third-order valence-corrected chi connectivity index (χ3v) is 3.03. The van der Waals surface area contributed by atoms with E-state index in [1.807, 2.05) is 0 Å². The predicted molar refractivity (Wildman–Crippen MR) is 67.1 cm³/mol. The van der Waals surface area contributed by atoms with E-state index in [4.69, 9.17) is 10.6 Å². The molecule has 1 aromatic rings. The third-order valence-electron chi connectivity index (χ3n) is 3.03. The van der Waals surface area contributed by atoms with Crippen LogP contribution in [0.1, 0.15) is 36.1 Å². The van der Waals surface area contributed by atoms with Crippen LogP contribution in [0.3, 0.4) is 0 Å². The number of nitrogens with one attached hydrogen (secondary N) is 1. The zero-order chi connectivity index (χ0) is 12.1. The zero-order valence-electron chi connectivity index (χ0n) is 10.6. The van der Waals surface area contributed by atoms with Crippen LogP contribution in [0.5, 0.6) is 0 Å². The summed E-state index contributed by atoms with van der Waals surface area (Å²) in [4.78, 5) is 0. The Bertz CT molecular complexity index is 335. The Balaban J connectivity index is 3.06.